The van der Waals surface area contributed by atoms with Crippen LogP contribution in [0.25, 0.3) is 20.4 Å². The Hall–Kier alpha value is -2.60. The number of rotatable bonds is 3. The van der Waals surface area contributed by atoms with Crippen molar-refractivity contribution in [1.29, 1.82) is 0 Å². The molecule has 24 heavy (non-hydrogen) atoms. The first kappa shape index (κ1) is 15.0. The molecule has 0 aliphatic carbocycles. The number of nitrogens with zero attached hydrogens (tertiary/aromatic N) is 3. The summed E-state index contributed by atoms with van der Waals surface area (Å²) in [5.41, 5.74) is 4.10. The van der Waals surface area contributed by atoms with E-state index in [9.17, 15) is 4.39 Å². The van der Waals surface area contributed by atoms with Crippen molar-refractivity contribution in [1.82, 2.24) is 15.0 Å². The predicted molar refractivity (Wildman–Crippen MR) is 95.9 cm³/mol. The molecule has 3 heterocycles. The molecule has 1 N–H and O–H groups in total. The van der Waals surface area contributed by atoms with Crippen LogP contribution >= 0.6 is 11.3 Å². The average molecular weight is 338 g/mol. The molecule has 3 aromatic heterocycles. The molecular formula is C18H15FN4S. The Balaban J connectivity index is 1.75. The highest BCUT2D eigenvalue weighted by Gasteiger charge is 2.14. The van der Waals surface area contributed by atoms with Gasteiger partial charge in [0.15, 0.2) is 0 Å². The van der Waals surface area contributed by atoms with Gasteiger partial charge in [0.1, 0.15) is 22.8 Å². The number of benzene rings is 1. The van der Waals surface area contributed by atoms with Gasteiger partial charge >= 0.3 is 0 Å². The lowest BCUT2D eigenvalue weighted by Crippen LogP contribution is -2.01. The summed E-state index contributed by atoms with van der Waals surface area (Å²) in [7, 11) is 0. The van der Waals surface area contributed by atoms with Crippen molar-refractivity contribution in [2.45, 2.75) is 20.4 Å². The van der Waals surface area contributed by atoms with E-state index in [4.69, 9.17) is 0 Å². The molecule has 0 radical (unpaired) electrons. The molecule has 0 saturated heterocycles. The number of hydrogen-bond donors (Lipinski definition) is 1. The van der Waals surface area contributed by atoms with Gasteiger partial charge in [-0.05, 0) is 43.2 Å². The standard InChI is InChI=1S/C18H15FN4S/c1-10-7-11(2)23-18-14(10)15-16(24-18)17(22-9-21-15)20-8-12-3-5-13(19)6-4-12/h3-7,9H,8H2,1-2H3,(H,20,21,22). The van der Waals surface area contributed by atoms with E-state index in [0.717, 1.165) is 37.5 Å². The molecule has 6 heteroatoms. The quantitative estimate of drug-likeness (QED) is 0.593. The number of aromatic nitrogens is 3. The minimum atomic E-state index is -0.232. The third-order valence-corrected chi connectivity index (χ3v) is 5.00. The fourth-order valence-electron chi connectivity index (χ4n) is 2.82. The van der Waals surface area contributed by atoms with Crippen LogP contribution in [-0.4, -0.2) is 15.0 Å². The number of pyridine rings is 1. The average Bonchev–Trinajstić information content (AvgIpc) is 2.93. The second-order valence-corrected chi connectivity index (χ2v) is 6.74. The van der Waals surface area contributed by atoms with Gasteiger partial charge in [0.25, 0.3) is 0 Å². The number of anilines is 1. The molecule has 0 atom stereocenters. The molecule has 0 spiro atoms. The topological polar surface area (TPSA) is 50.7 Å². The fourth-order valence-corrected chi connectivity index (χ4v) is 4.04. The summed E-state index contributed by atoms with van der Waals surface area (Å²) in [6.07, 6.45) is 1.57. The monoisotopic (exact) mass is 338 g/mol. The Morgan fingerprint density at radius 2 is 1.92 bits per heavy atom. The van der Waals surface area contributed by atoms with E-state index in [1.54, 1.807) is 29.8 Å². The van der Waals surface area contributed by atoms with Crippen molar-refractivity contribution >= 4 is 37.6 Å². The zero-order chi connectivity index (χ0) is 16.7. The van der Waals surface area contributed by atoms with Gasteiger partial charge in [-0.2, -0.15) is 0 Å². The molecule has 4 aromatic rings. The number of halogens is 1. The molecule has 0 aliphatic heterocycles. The summed E-state index contributed by atoms with van der Waals surface area (Å²) >= 11 is 1.60. The van der Waals surface area contributed by atoms with Crippen LogP contribution in [0.4, 0.5) is 10.2 Å². The summed E-state index contributed by atoms with van der Waals surface area (Å²) in [6.45, 7) is 4.65. The molecule has 120 valence electrons. The molecule has 0 fully saturated rings. The van der Waals surface area contributed by atoms with Crippen molar-refractivity contribution in [3.05, 3.63) is 59.3 Å². The molecule has 4 nitrogen and oxygen atoms in total. The van der Waals surface area contributed by atoms with Crippen LogP contribution < -0.4 is 5.32 Å². The van der Waals surface area contributed by atoms with E-state index in [0.29, 0.717) is 6.54 Å². The van der Waals surface area contributed by atoms with Crippen LogP contribution in [0, 0.1) is 19.7 Å². The Kier molecular flexibility index (Phi) is 3.61. The zero-order valence-corrected chi connectivity index (χ0v) is 14.1. The summed E-state index contributed by atoms with van der Waals surface area (Å²) in [4.78, 5) is 14.4. The third-order valence-electron chi connectivity index (χ3n) is 3.92. The van der Waals surface area contributed by atoms with Crippen molar-refractivity contribution in [3.63, 3.8) is 0 Å². The Morgan fingerprint density at radius 3 is 2.71 bits per heavy atom. The molecule has 1 aromatic carbocycles. The van der Waals surface area contributed by atoms with Crippen LogP contribution in [0.3, 0.4) is 0 Å². The van der Waals surface area contributed by atoms with E-state index in [1.807, 2.05) is 6.92 Å². The maximum atomic E-state index is 13.0. The maximum absolute atomic E-state index is 13.0. The van der Waals surface area contributed by atoms with Gasteiger partial charge in [-0.3, -0.25) is 0 Å². The maximum Gasteiger partial charge on any atom is 0.147 e. The van der Waals surface area contributed by atoms with E-state index in [2.05, 4.69) is 33.3 Å². The van der Waals surface area contributed by atoms with E-state index >= 15 is 0 Å². The van der Waals surface area contributed by atoms with E-state index < -0.39 is 0 Å². The van der Waals surface area contributed by atoms with E-state index in [1.165, 1.54) is 17.7 Å². The Labute approximate surface area is 142 Å². The number of nitrogens with one attached hydrogen (secondary N) is 1. The second-order valence-electron chi connectivity index (χ2n) is 5.74. The number of thiophene rings is 1. The third kappa shape index (κ3) is 2.59. The molecule has 0 aliphatic rings. The Morgan fingerprint density at radius 1 is 1.12 bits per heavy atom. The molecule has 0 saturated carbocycles. The van der Waals surface area contributed by atoms with Crippen molar-refractivity contribution in [3.8, 4) is 0 Å². The molecule has 0 unspecified atom stereocenters. The highest BCUT2D eigenvalue weighted by atomic mass is 32.1. The van der Waals surface area contributed by atoms with Gasteiger partial charge in [-0.15, -0.1) is 11.3 Å². The first-order valence-electron chi connectivity index (χ1n) is 7.61. The number of aryl methyl sites for hydroxylation is 2. The first-order valence-corrected chi connectivity index (χ1v) is 8.43. The van der Waals surface area contributed by atoms with Gasteiger partial charge in [-0.1, -0.05) is 12.1 Å². The van der Waals surface area contributed by atoms with Gasteiger partial charge in [0.05, 0.1) is 10.2 Å². The number of fused-ring (bicyclic) bond motifs is 3. The molecule has 0 amide bonds. The van der Waals surface area contributed by atoms with Crippen molar-refractivity contribution in [2.75, 3.05) is 5.32 Å². The lowest BCUT2D eigenvalue weighted by atomic mass is 10.1. The molecular weight excluding hydrogens is 323 g/mol. The molecule has 0 bridgehead atoms. The van der Waals surface area contributed by atoms with E-state index in [-0.39, 0.29) is 5.82 Å². The fraction of sp³-hybridized carbons (Fsp3) is 0.167. The summed E-state index contributed by atoms with van der Waals surface area (Å²) in [6, 6.07) is 8.52. The highest BCUT2D eigenvalue weighted by Crippen LogP contribution is 2.36. The van der Waals surface area contributed by atoms with Gasteiger partial charge in [0, 0.05) is 17.6 Å². The first-order chi connectivity index (χ1) is 11.6. The molecule has 4 rings (SSSR count). The van der Waals surface area contributed by atoms with Crippen LogP contribution in [0.2, 0.25) is 0 Å². The minimum absolute atomic E-state index is 0.232. The lowest BCUT2D eigenvalue weighted by Gasteiger charge is -2.06. The van der Waals surface area contributed by atoms with Crippen molar-refractivity contribution < 1.29 is 4.39 Å². The normalized spacial score (nSPS) is 11.3. The lowest BCUT2D eigenvalue weighted by molar-refractivity contribution is 0.627. The predicted octanol–water partition coefficient (Wildman–Crippen LogP) is 4.61. The largest absolute Gasteiger partial charge is 0.365 e. The van der Waals surface area contributed by atoms with Gasteiger partial charge in [-0.25, -0.2) is 19.3 Å². The number of hydrogen-bond acceptors (Lipinski definition) is 5. The minimum Gasteiger partial charge on any atom is -0.365 e. The van der Waals surface area contributed by atoms with Crippen LogP contribution in [0.15, 0.2) is 36.7 Å². The summed E-state index contributed by atoms with van der Waals surface area (Å²) < 4.78 is 14.0. The van der Waals surface area contributed by atoms with Gasteiger partial charge < -0.3 is 5.32 Å². The second kappa shape index (κ2) is 5.79. The van der Waals surface area contributed by atoms with Gasteiger partial charge in [0.2, 0.25) is 0 Å². The smallest absolute Gasteiger partial charge is 0.147 e. The summed E-state index contributed by atoms with van der Waals surface area (Å²) in [5, 5.41) is 4.42. The van der Waals surface area contributed by atoms with Crippen molar-refractivity contribution in [2.24, 2.45) is 0 Å². The highest BCUT2D eigenvalue weighted by molar-refractivity contribution is 7.26. The van der Waals surface area contributed by atoms with Crippen LogP contribution in [0.1, 0.15) is 16.8 Å². The zero-order valence-electron chi connectivity index (χ0n) is 13.3. The van der Waals surface area contributed by atoms with Crippen LogP contribution in [0.5, 0.6) is 0 Å². The Bertz CT molecular complexity index is 1040. The SMILES string of the molecule is Cc1cc(C)c2c(n1)sc1c(NCc3ccc(F)cc3)ncnc12. The summed E-state index contributed by atoms with van der Waals surface area (Å²) in [5.74, 6) is 0.550. The van der Waals surface area contributed by atoms with Crippen LogP contribution in [-0.2, 0) is 6.54 Å².